The van der Waals surface area contributed by atoms with E-state index in [-0.39, 0.29) is 11.1 Å². The summed E-state index contributed by atoms with van der Waals surface area (Å²) in [5.74, 6) is -0.213. The van der Waals surface area contributed by atoms with E-state index in [0.29, 0.717) is 12.1 Å². The van der Waals surface area contributed by atoms with E-state index in [1.807, 2.05) is 13.1 Å². The highest BCUT2D eigenvalue weighted by atomic mass is 35.5. The molecule has 0 unspecified atom stereocenters. The third-order valence-corrected chi connectivity index (χ3v) is 2.89. The summed E-state index contributed by atoms with van der Waals surface area (Å²) in [5, 5.41) is 7.08. The molecular formula is C12H13ClN4O. The Morgan fingerprint density at radius 3 is 2.94 bits per heavy atom. The third-order valence-electron chi connectivity index (χ3n) is 2.59. The third kappa shape index (κ3) is 2.87. The molecule has 0 aromatic carbocycles. The first-order valence-corrected chi connectivity index (χ1v) is 5.92. The van der Waals surface area contributed by atoms with Gasteiger partial charge >= 0.3 is 0 Å². The van der Waals surface area contributed by atoms with E-state index in [4.69, 9.17) is 11.6 Å². The van der Waals surface area contributed by atoms with Crippen molar-refractivity contribution in [2.45, 2.75) is 6.42 Å². The Morgan fingerprint density at radius 1 is 1.44 bits per heavy atom. The number of amides is 1. The van der Waals surface area contributed by atoms with Crippen LogP contribution in [0.4, 0.5) is 0 Å². The van der Waals surface area contributed by atoms with Crippen LogP contribution in [0.15, 0.2) is 30.6 Å². The second-order valence-corrected chi connectivity index (χ2v) is 4.15. The molecule has 94 valence electrons. The Morgan fingerprint density at radius 2 is 2.28 bits per heavy atom. The minimum Gasteiger partial charge on any atom is -0.352 e. The number of carbonyl (C=O) groups excluding carboxylic acids is 1. The van der Waals surface area contributed by atoms with Crippen LogP contribution in [0.3, 0.4) is 0 Å². The molecule has 0 saturated heterocycles. The highest BCUT2D eigenvalue weighted by molar-refractivity contribution is 6.32. The molecule has 0 aliphatic rings. The van der Waals surface area contributed by atoms with Crippen molar-refractivity contribution in [2.24, 2.45) is 7.05 Å². The van der Waals surface area contributed by atoms with Gasteiger partial charge in [0.2, 0.25) is 0 Å². The van der Waals surface area contributed by atoms with Crippen LogP contribution >= 0.6 is 11.6 Å². The van der Waals surface area contributed by atoms with Gasteiger partial charge in [-0.15, -0.1) is 0 Å². The lowest BCUT2D eigenvalue weighted by molar-refractivity contribution is 0.0954. The molecule has 0 saturated carbocycles. The van der Waals surface area contributed by atoms with Crippen LogP contribution in [0.25, 0.3) is 0 Å². The molecule has 0 bridgehead atoms. The average Bonchev–Trinajstić information content (AvgIpc) is 2.75. The average molecular weight is 265 g/mol. The van der Waals surface area contributed by atoms with Crippen LogP contribution in [-0.2, 0) is 13.5 Å². The summed E-state index contributed by atoms with van der Waals surface area (Å²) in [5.41, 5.74) is 1.46. The molecule has 1 amide bonds. The topological polar surface area (TPSA) is 59.8 Å². The fourth-order valence-corrected chi connectivity index (χ4v) is 1.81. The van der Waals surface area contributed by atoms with E-state index in [0.717, 1.165) is 12.1 Å². The summed E-state index contributed by atoms with van der Waals surface area (Å²) in [6.07, 6.45) is 4.00. The van der Waals surface area contributed by atoms with Crippen molar-refractivity contribution in [1.82, 2.24) is 20.1 Å². The fourth-order valence-electron chi connectivity index (χ4n) is 1.60. The minimum absolute atomic E-state index is 0.213. The molecule has 0 radical (unpaired) electrons. The summed E-state index contributed by atoms with van der Waals surface area (Å²) < 4.78 is 1.78. The second kappa shape index (κ2) is 5.64. The van der Waals surface area contributed by atoms with E-state index in [1.54, 1.807) is 29.2 Å². The van der Waals surface area contributed by atoms with Gasteiger partial charge in [0.25, 0.3) is 5.91 Å². The zero-order valence-electron chi connectivity index (χ0n) is 9.93. The number of nitrogens with zero attached hydrogens (tertiary/aromatic N) is 3. The van der Waals surface area contributed by atoms with Gasteiger partial charge in [-0.05, 0) is 18.2 Å². The Labute approximate surface area is 110 Å². The number of aryl methyl sites for hydroxylation is 1. The molecule has 1 N–H and O–H groups in total. The number of hydrogen-bond donors (Lipinski definition) is 1. The van der Waals surface area contributed by atoms with Gasteiger partial charge in [-0.3, -0.25) is 9.48 Å². The van der Waals surface area contributed by atoms with Crippen molar-refractivity contribution in [2.75, 3.05) is 6.54 Å². The minimum atomic E-state index is -0.213. The lowest BCUT2D eigenvalue weighted by Crippen LogP contribution is -2.26. The van der Waals surface area contributed by atoms with Gasteiger partial charge in [-0.2, -0.15) is 5.10 Å². The summed E-state index contributed by atoms with van der Waals surface area (Å²) in [6, 6.07) is 5.25. The van der Waals surface area contributed by atoms with E-state index in [2.05, 4.69) is 15.4 Å². The first-order valence-electron chi connectivity index (χ1n) is 5.54. The first-order chi connectivity index (χ1) is 8.68. The Balaban J connectivity index is 1.90. The van der Waals surface area contributed by atoms with Crippen LogP contribution in [0.1, 0.15) is 16.1 Å². The van der Waals surface area contributed by atoms with Gasteiger partial charge in [0.15, 0.2) is 0 Å². The monoisotopic (exact) mass is 264 g/mol. The van der Waals surface area contributed by atoms with Gasteiger partial charge in [-0.1, -0.05) is 11.6 Å². The van der Waals surface area contributed by atoms with Crippen molar-refractivity contribution in [3.05, 3.63) is 47.0 Å². The second-order valence-electron chi connectivity index (χ2n) is 3.79. The van der Waals surface area contributed by atoms with Crippen molar-refractivity contribution >= 4 is 17.5 Å². The lowest BCUT2D eigenvalue weighted by atomic mass is 10.2. The van der Waals surface area contributed by atoms with E-state index >= 15 is 0 Å². The van der Waals surface area contributed by atoms with Gasteiger partial charge in [0.05, 0.1) is 5.56 Å². The molecular weight excluding hydrogens is 252 g/mol. The maximum absolute atomic E-state index is 11.8. The number of hydrogen-bond acceptors (Lipinski definition) is 3. The molecule has 18 heavy (non-hydrogen) atoms. The SMILES string of the molecule is Cn1nccc1CCNC(=O)c1cccnc1Cl. The van der Waals surface area contributed by atoms with E-state index in [1.165, 1.54) is 0 Å². The summed E-state index contributed by atoms with van der Waals surface area (Å²) in [4.78, 5) is 15.7. The Kier molecular flexibility index (Phi) is 3.94. The molecule has 2 rings (SSSR count). The van der Waals surface area contributed by atoms with E-state index < -0.39 is 0 Å². The summed E-state index contributed by atoms with van der Waals surface area (Å²) in [7, 11) is 1.87. The van der Waals surface area contributed by atoms with Crippen LogP contribution < -0.4 is 5.32 Å². The number of carbonyl (C=O) groups is 1. The number of aromatic nitrogens is 3. The quantitative estimate of drug-likeness (QED) is 0.850. The molecule has 0 aliphatic carbocycles. The van der Waals surface area contributed by atoms with Gasteiger partial charge < -0.3 is 5.32 Å². The maximum Gasteiger partial charge on any atom is 0.254 e. The number of rotatable bonds is 4. The normalized spacial score (nSPS) is 10.3. The van der Waals surface area contributed by atoms with Gasteiger partial charge in [-0.25, -0.2) is 4.98 Å². The van der Waals surface area contributed by atoms with Crippen LogP contribution in [-0.4, -0.2) is 27.2 Å². The zero-order chi connectivity index (χ0) is 13.0. The molecule has 2 aromatic rings. The van der Waals surface area contributed by atoms with Crippen LogP contribution in [0.2, 0.25) is 5.15 Å². The largest absolute Gasteiger partial charge is 0.352 e. The summed E-state index contributed by atoms with van der Waals surface area (Å²) >= 11 is 5.84. The number of halogens is 1. The van der Waals surface area contributed by atoms with E-state index in [9.17, 15) is 4.79 Å². The molecule has 2 heterocycles. The number of pyridine rings is 1. The lowest BCUT2D eigenvalue weighted by Gasteiger charge is -2.06. The van der Waals surface area contributed by atoms with Gasteiger partial charge in [0, 0.05) is 38.1 Å². The van der Waals surface area contributed by atoms with Gasteiger partial charge in [0.1, 0.15) is 5.15 Å². The molecule has 0 atom stereocenters. The van der Waals surface area contributed by atoms with Crippen molar-refractivity contribution < 1.29 is 4.79 Å². The molecule has 0 spiro atoms. The van der Waals surface area contributed by atoms with Crippen molar-refractivity contribution in [3.8, 4) is 0 Å². The number of nitrogens with one attached hydrogen (secondary N) is 1. The zero-order valence-corrected chi connectivity index (χ0v) is 10.7. The van der Waals surface area contributed by atoms with Crippen LogP contribution in [0.5, 0.6) is 0 Å². The van der Waals surface area contributed by atoms with Crippen molar-refractivity contribution in [3.63, 3.8) is 0 Å². The molecule has 0 fully saturated rings. The maximum atomic E-state index is 11.8. The molecule has 5 nitrogen and oxygen atoms in total. The highest BCUT2D eigenvalue weighted by Gasteiger charge is 2.09. The molecule has 2 aromatic heterocycles. The predicted octanol–water partition coefficient (Wildman–Crippen LogP) is 1.44. The molecule has 6 heteroatoms. The first kappa shape index (κ1) is 12.6. The fraction of sp³-hybridized carbons (Fsp3) is 0.250. The van der Waals surface area contributed by atoms with Crippen LogP contribution in [0, 0.1) is 0 Å². The Hall–Kier alpha value is -1.88. The summed E-state index contributed by atoms with van der Waals surface area (Å²) in [6.45, 7) is 0.531. The Bertz CT molecular complexity index is 553. The predicted molar refractivity (Wildman–Crippen MR) is 68.5 cm³/mol. The smallest absolute Gasteiger partial charge is 0.254 e. The van der Waals surface area contributed by atoms with Crippen molar-refractivity contribution in [1.29, 1.82) is 0 Å². The molecule has 0 aliphatic heterocycles. The standard InChI is InChI=1S/C12H13ClN4O/c1-17-9(5-8-16-17)4-7-15-12(18)10-3-2-6-14-11(10)13/h2-3,5-6,8H,4,7H2,1H3,(H,15,18). The highest BCUT2D eigenvalue weighted by Crippen LogP contribution is 2.10.